The Morgan fingerprint density at radius 3 is 1.96 bits per heavy atom. The first-order valence-corrected chi connectivity index (χ1v) is 18.3. The average Bonchev–Trinajstić information content (AvgIpc) is 3.04. The Morgan fingerprint density at radius 1 is 0.809 bits per heavy atom. The minimum atomic E-state index is -5.04. The van der Waals surface area contributed by atoms with E-state index in [0.717, 1.165) is 57.8 Å². The highest BCUT2D eigenvalue weighted by atomic mass is 32.3. The fourth-order valence-corrected chi connectivity index (χ4v) is 5.20. The molecule has 12 nitrogen and oxygen atoms in total. The Kier molecular flexibility index (Phi) is 24.7. The summed E-state index contributed by atoms with van der Waals surface area (Å²) in [7, 11) is -5.04. The molecule has 272 valence electrons. The molecular weight excluding hydrogens is 632 g/mol. The maximum atomic E-state index is 11.9. The summed E-state index contributed by atoms with van der Waals surface area (Å²) in [6.07, 6.45) is 21.4. The fraction of sp³-hybridized carbons (Fsp3) is 0.735. The van der Waals surface area contributed by atoms with Crippen molar-refractivity contribution >= 4 is 16.4 Å². The molecule has 0 aromatic carbocycles. The Hall–Kier alpha value is -1.94. The van der Waals surface area contributed by atoms with E-state index < -0.39 is 59.8 Å². The van der Waals surface area contributed by atoms with E-state index in [9.17, 15) is 28.5 Å². The lowest BCUT2D eigenvalue weighted by Crippen LogP contribution is -2.60. The van der Waals surface area contributed by atoms with Crippen LogP contribution in [0, 0.1) is 0 Å². The molecule has 13 heteroatoms. The molecule has 47 heavy (non-hydrogen) atoms. The molecule has 4 N–H and O–H groups in total. The molecule has 0 spiro atoms. The molecule has 1 saturated heterocycles. The van der Waals surface area contributed by atoms with Crippen LogP contribution < -0.4 is 0 Å². The minimum Gasteiger partial charge on any atom is -0.457 e. The van der Waals surface area contributed by atoms with Crippen molar-refractivity contribution in [2.45, 2.75) is 134 Å². The van der Waals surface area contributed by atoms with Crippen molar-refractivity contribution in [3.63, 3.8) is 0 Å². The predicted octanol–water partition coefficient (Wildman–Crippen LogP) is 4.89. The highest BCUT2D eigenvalue weighted by molar-refractivity contribution is 7.80. The Balaban J connectivity index is 2.22. The van der Waals surface area contributed by atoms with Crippen LogP contribution in [0.5, 0.6) is 0 Å². The van der Waals surface area contributed by atoms with Crippen molar-refractivity contribution in [1.29, 1.82) is 0 Å². The number of carbonyl (C=O) groups is 1. The van der Waals surface area contributed by atoms with Crippen LogP contribution in [0.4, 0.5) is 0 Å². The number of carbonyl (C=O) groups excluding carboxylic acids is 1. The summed E-state index contributed by atoms with van der Waals surface area (Å²) in [5.74, 6) is -0.495. The van der Waals surface area contributed by atoms with Crippen LogP contribution in [-0.2, 0) is 38.3 Å². The van der Waals surface area contributed by atoms with Gasteiger partial charge in [0.1, 0.15) is 30.5 Å². The number of rotatable bonds is 27. The Morgan fingerprint density at radius 2 is 1.38 bits per heavy atom. The summed E-state index contributed by atoms with van der Waals surface area (Å²) in [4.78, 5) is 11.9. The first-order valence-electron chi connectivity index (χ1n) is 16.9. The van der Waals surface area contributed by atoms with Gasteiger partial charge in [-0.05, 0) is 44.9 Å². The van der Waals surface area contributed by atoms with Crippen molar-refractivity contribution in [1.82, 2.24) is 0 Å². The van der Waals surface area contributed by atoms with Gasteiger partial charge < -0.3 is 34.3 Å². The summed E-state index contributed by atoms with van der Waals surface area (Å²) in [6, 6.07) is 0. The highest BCUT2D eigenvalue weighted by Crippen LogP contribution is 2.25. The number of unbranched alkanes of at least 4 members (excludes halogenated alkanes) is 7. The van der Waals surface area contributed by atoms with Crippen molar-refractivity contribution in [3.8, 4) is 0 Å². The molecule has 1 rings (SSSR count). The van der Waals surface area contributed by atoms with Gasteiger partial charge in [0, 0.05) is 13.0 Å². The third-order valence-corrected chi connectivity index (χ3v) is 7.74. The fourth-order valence-electron chi connectivity index (χ4n) is 4.69. The van der Waals surface area contributed by atoms with Gasteiger partial charge in [-0.1, -0.05) is 94.6 Å². The van der Waals surface area contributed by atoms with Crippen molar-refractivity contribution < 1.29 is 56.2 Å². The highest BCUT2D eigenvalue weighted by Gasteiger charge is 2.48. The molecule has 0 saturated carbocycles. The second kappa shape index (κ2) is 26.9. The average molecular weight is 691 g/mol. The van der Waals surface area contributed by atoms with E-state index in [4.69, 9.17) is 23.5 Å². The number of aliphatic hydroxyl groups excluding tert-OH is 3. The zero-order chi connectivity index (χ0) is 34.8. The van der Waals surface area contributed by atoms with E-state index in [-0.39, 0.29) is 19.6 Å². The minimum absolute atomic E-state index is 0.0167. The van der Waals surface area contributed by atoms with Crippen LogP contribution in [0.2, 0.25) is 0 Å². The lowest BCUT2D eigenvalue weighted by atomic mass is 9.99. The molecule has 0 aromatic heterocycles. The topological polar surface area (TPSA) is 178 Å². The smallest absolute Gasteiger partial charge is 0.397 e. The number of hydrogen-bond donors (Lipinski definition) is 4. The zero-order valence-electron chi connectivity index (χ0n) is 28.1. The molecule has 1 fully saturated rings. The summed E-state index contributed by atoms with van der Waals surface area (Å²) in [5.41, 5.74) is 0. The summed E-state index contributed by atoms with van der Waals surface area (Å²) < 4.78 is 57.6. The first kappa shape index (κ1) is 43.1. The molecule has 1 aliphatic heterocycles. The van der Waals surface area contributed by atoms with Crippen LogP contribution in [0.15, 0.2) is 48.6 Å². The van der Waals surface area contributed by atoms with Crippen LogP contribution in [0.1, 0.15) is 97.3 Å². The Bertz CT molecular complexity index is 1030. The molecule has 6 unspecified atom stereocenters. The predicted molar refractivity (Wildman–Crippen MR) is 179 cm³/mol. The van der Waals surface area contributed by atoms with Gasteiger partial charge in [0.05, 0.1) is 19.8 Å². The molecule has 1 heterocycles. The van der Waals surface area contributed by atoms with Gasteiger partial charge in [-0.2, -0.15) is 8.42 Å². The van der Waals surface area contributed by atoms with E-state index in [1.165, 1.54) is 19.3 Å². The van der Waals surface area contributed by atoms with E-state index in [0.29, 0.717) is 6.61 Å². The van der Waals surface area contributed by atoms with Gasteiger partial charge in [-0.15, -0.1) is 0 Å². The van der Waals surface area contributed by atoms with Crippen molar-refractivity contribution in [2.75, 3.05) is 26.4 Å². The van der Waals surface area contributed by atoms with Crippen LogP contribution >= 0.6 is 0 Å². The van der Waals surface area contributed by atoms with Crippen molar-refractivity contribution in [3.05, 3.63) is 48.6 Å². The number of esters is 1. The molecule has 1 aliphatic rings. The second-order valence-electron chi connectivity index (χ2n) is 11.3. The number of hydrogen-bond acceptors (Lipinski definition) is 11. The second-order valence-corrected chi connectivity index (χ2v) is 12.4. The van der Waals surface area contributed by atoms with E-state index in [1.54, 1.807) is 6.92 Å². The molecule has 0 bridgehead atoms. The zero-order valence-corrected chi connectivity index (χ0v) is 28.9. The van der Waals surface area contributed by atoms with Gasteiger partial charge in [0.25, 0.3) is 0 Å². The third-order valence-electron chi connectivity index (χ3n) is 7.27. The maximum Gasteiger partial charge on any atom is 0.397 e. The van der Waals surface area contributed by atoms with Crippen LogP contribution in [-0.4, -0.2) is 97.5 Å². The quantitative estimate of drug-likeness (QED) is 0.0398. The van der Waals surface area contributed by atoms with Gasteiger partial charge in [-0.25, -0.2) is 4.18 Å². The van der Waals surface area contributed by atoms with Crippen LogP contribution in [0.25, 0.3) is 0 Å². The van der Waals surface area contributed by atoms with Gasteiger partial charge >= 0.3 is 16.4 Å². The Labute approximate surface area is 281 Å². The normalized spacial score (nSPS) is 23.1. The summed E-state index contributed by atoms with van der Waals surface area (Å²) in [5, 5.41) is 30.1. The number of ether oxygens (including phenoxy) is 4. The van der Waals surface area contributed by atoms with Crippen molar-refractivity contribution in [2.24, 2.45) is 0 Å². The van der Waals surface area contributed by atoms with Crippen LogP contribution in [0.3, 0.4) is 0 Å². The standard InChI is InChI=1S/C34H58O12S/c1-3-5-6-7-8-9-10-11-12-13-14-15-16-17-18-19-20-21-22-23-24-42-26-28(44-30(36)4-2)27-43-34-32(38)33(46-47(39,40)41)31(37)29(25-35)45-34/h5-6,8-9,11-12,14-15,28-29,31-35,37-38H,3-4,7,10,13,16-27H2,1-2H3,(H,39,40,41)/b6-5-,9-8-,12-11-,15-14-. The van der Waals surface area contributed by atoms with Gasteiger partial charge in [-0.3, -0.25) is 9.35 Å². The molecule has 0 amide bonds. The molecule has 0 radical (unpaired) electrons. The molecular formula is C34H58O12S. The van der Waals surface area contributed by atoms with E-state index in [2.05, 4.69) is 59.7 Å². The van der Waals surface area contributed by atoms with E-state index in [1.807, 2.05) is 0 Å². The van der Waals surface area contributed by atoms with E-state index >= 15 is 0 Å². The van der Waals surface area contributed by atoms with Gasteiger partial charge in [0.2, 0.25) is 0 Å². The first-order chi connectivity index (χ1) is 22.6. The SMILES string of the molecule is CC/C=C\C/C=C\C/C=C\C/C=C\CCCCCCCCCOCC(COC1OC(CO)C(O)C(OS(=O)(=O)O)C1O)OC(=O)CC. The largest absolute Gasteiger partial charge is 0.457 e. The monoisotopic (exact) mass is 690 g/mol. The molecule has 0 aliphatic carbocycles. The number of allylic oxidation sites excluding steroid dienone is 8. The lowest BCUT2D eigenvalue weighted by molar-refractivity contribution is -0.301. The summed E-state index contributed by atoms with van der Waals surface area (Å²) >= 11 is 0. The third kappa shape index (κ3) is 21.6. The maximum absolute atomic E-state index is 11.9. The molecule has 6 atom stereocenters. The molecule has 0 aromatic rings. The summed E-state index contributed by atoms with van der Waals surface area (Å²) in [6.45, 7) is 3.20. The lowest BCUT2D eigenvalue weighted by Gasteiger charge is -2.41. The van der Waals surface area contributed by atoms with Gasteiger partial charge in [0.15, 0.2) is 6.29 Å². The number of aliphatic hydroxyl groups is 3.